The van der Waals surface area contributed by atoms with Crippen molar-refractivity contribution in [2.45, 2.75) is 25.9 Å². The molecule has 0 fully saturated rings. The summed E-state index contributed by atoms with van der Waals surface area (Å²) in [5, 5.41) is 14.6. The first-order valence-electron chi connectivity index (χ1n) is 9.85. The Morgan fingerprint density at radius 2 is 1.09 bits per heavy atom. The van der Waals surface area contributed by atoms with Gasteiger partial charge in [0.1, 0.15) is 12.1 Å². The van der Waals surface area contributed by atoms with Crippen LogP contribution >= 0.6 is 25.3 Å². The third-order valence-corrected chi connectivity index (χ3v) is 4.69. The van der Waals surface area contributed by atoms with Crippen LogP contribution in [0.2, 0.25) is 0 Å². The molecule has 0 saturated carbocycles. The number of carbonyl (C=O) groups excluding carboxylic acids is 6. The number of nitrogens with one attached hydrogen (secondary N) is 6. The van der Waals surface area contributed by atoms with Gasteiger partial charge in [-0.2, -0.15) is 25.3 Å². The number of carbonyl (C=O) groups is 6. The minimum absolute atomic E-state index is 0.0167. The molecule has 0 saturated heterocycles. The third-order valence-electron chi connectivity index (χ3n) is 3.96. The fourth-order valence-corrected chi connectivity index (χ4v) is 2.59. The highest BCUT2D eigenvalue weighted by molar-refractivity contribution is 7.80. The van der Waals surface area contributed by atoms with Crippen LogP contribution in [0.1, 0.15) is 13.8 Å². The van der Waals surface area contributed by atoms with Crippen LogP contribution in [0.25, 0.3) is 0 Å². The molecule has 0 spiro atoms. The molecule has 0 rings (SSSR count). The van der Waals surface area contributed by atoms with E-state index >= 15 is 0 Å². The molecule has 182 valence electrons. The third kappa shape index (κ3) is 12.5. The lowest BCUT2D eigenvalue weighted by atomic mass is 10.1. The maximum atomic E-state index is 12.2. The van der Waals surface area contributed by atoms with Crippen molar-refractivity contribution in [1.29, 1.82) is 0 Å². The Bertz CT molecular complexity index is 691. The first-order valence-corrected chi connectivity index (χ1v) is 11.1. The average Bonchev–Trinajstić information content (AvgIpc) is 2.75. The van der Waals surface area contributed by atoms with E-state index in [0.29, 0.717) is 0 Å². The minimum Gasteiger partial charge on any atom is -0.347 e. The Balaban J connectivity index is 4.46. The molecular formula is C18H32N6O6S2. The summed E-state index contributed by atoms with van der Waals surface area (Å²) in [6.07, 6.45) is 0. The lowest BCUT2D eigenvalue weighted by Gasteiger charge is -2.18. The summed E-state index contributed by atoms with van der Waals surface area (Å²) in [5.41, 5.74) is 0. The Morgan fingerprint density at radius 3 is 1.50 bits per heavy atom. The predicted octanol–water partition coefficient (Wildman–Crippen LogP) is -3.39. The molecule has 0 aromatic heterocycles. The van der Waals surface area contributed by atoms with Gasteiger partial charge in [0.25, 0.3) is 0 Å². The number of ketones is 1. The quantitative estimate of drug-likeness (QED) is 0.110. The Hall–Kier alpha value is -2.32. The number of hydrogen-bond donors (Lipinski definition) is 8. The molecule has 0 aromatic carbocycles. The summed E-state index contributed by atoms with van der Waals surface area (Å²) in [4.78, 5) is 71.1. The summed E-state index contributed by atoms with van der Waals surface area (Å²) >= 11 is 8.01. The molecule has 12 nitrogen and oxygen atoms in total. The van der Waals surface area contributed by atoms with Gasteiger partial charge in [0, 0.05) is 17.4 Å². The van der Waals surface area contributed by atoms with Gasteiger partial charge in [-0.1, -0.05) is 13.8 Å². The van der Waals surface area contributed by atoms with E-state index in [1.807, 2.05) is 0 Å². The predicted molar refractivity (Wildman–Crippen MR) is 124 cm³/mol. The van der Waals surface area contributed by atoms with Gasteiger partial charge < -0.3 is 31.9 Å². The van der Waals surface area contributed by atoms with Gasteiger partial charge in [-0.25, -0.2) is 0 Å². The SMILES string of the molecule is CNCC(=O)NC(CS)C(=O)NCC(=O)NC(CS)C(=O)NCC(=O)NCC(=O)C(C)C. The summed E-state index contributed by atoms with van der Waals surface area (Å²) in [7, 11) is 1.58. The Morgan fingerprint density at radius 1 is 0.656 bits per heavy atom. The molecule has 0 heterocycles. The number of thiol groups is 2. The molecule has 14 heteroatoms. The second kappa shape index (κ2) is 16.3. The van der Waals surface area contributed by atoms with E-state index in [4.69, 9.17) is 0 Å². The van der Waals surface area contributed by atoms with E-state index in [1.165, 1.54) is 0 Å². The van der Waals surface area contributed by atoms with Gasteiger partial charge in [0.2, 0.25) is 29.5 Å². The molecule has 0 aliphatic heterocycles. The highest BCUT2D eigenvalue weighted by Crippen LogP contribution is 1.93. The van der Waals surface area contributed by atoms with Gasteiger partial charge >= 0.3 is 0 Å². The zero-order chi connectivity index (χ0) is 24.7. The molecule has 0 radical (unpaired) electrons. The van der Waals surface area contributed by atoms with Gasteiger partial charge in [-0.15, -0.1) is 0 Å². The second-order valence-electron chi connectivity index (χ2n) is 6.97. The lowest BCUT2D eigenvalue weighted by Crippen LogP contribution is -2.54. The van der Waals surface area contributed by atoms with Crippen molar-refractivity contribution in [3.8, 4) is 0 Å². The van der Waals surface area contributed by atoms with Crippen molar-refractivity contribution in [1.82, 2.24) is 31.9 Å². The normalized spacial score (nSPS) is 12.3. The minimum atomic E-state index is -1.05. The van der Waals surface area contributed by atoms with E-state index in [1.54, 1.807) is 20.9 Å². The van der Waals surface area contributed by atoms with Gasteiger partial charge in [-0.05, 0) is 7.05 Å². The van der Waals surface area contributed by atoms with Crippen molar-refractivity contribution < 1.29 is 28.8 Å². The monoisotopic (exact) mass is 492 g/mol. The molecule has 0 bridgehead atoms. The zero-order valence-corrected chi connectivity index (χ0v) is 20.1. The largest absolute Gasteiger partial charge is 0.347 e. The molecule has 0 aromatic rings. The zero-order valence-electron chi connectivity index (χ0n) is 18.3. The van der Waals surface area contributed by atoms with Crippen molar-refractivity contribution in [3.05, 3.63) is 0 Å². The lowest BCUT2D eigenvalue weighted by molar-refractivity contribution is -0.131. The first-order chi connectivity index (χ1) is 15.0. The van der Waals surface area contributed by atoms with E-state index in [0.717, 1.165) is 0 Å². The summed E-state index contributed by atoms with van der Waals surface area (Å²) < 4.78 is 0. The van der Waals surface area contributed by atoms with Crippen LogP contribution in [0.5, 0.6) is 0 Å². The second-order valence-corrected chi connectivity index (χ2v) is 7.70. The van der Waals surface area contributed by atoms with E-state index in [9.17, 15) is 28.8 Å². The highest BCUT2D eigenvalue weighted by atomic mass is 32.1. The highest BCUT2D eigenvalue weighted by Gasteiger charge is 2.22. The number of likely N-dealkylation sites (N-methyl/N-ethyl adjacent to an activating group) is 1. The molecule has 5 amide bonds. The maximum Gasteiger partial charge on any atom is 0.243 e. The standard InChI is InChI=1S/C18H32N6O6S2/c1-10(2)13(25)4-20-14(26)6-21-17(29)12(9-32)24-16(28)7-22-18(30)11(8-31)23-15(27)5-19-3/h10-12,19,31-32H,4-9H2,1-3H3,(H,20,26)(H,21,29)(H,22,30)(H,23,27)(H,24,28). The molecular weight excluding hydrogens is 460 g/mol. The molecule has 0 aliphatic rings. The van der Waals surface area contributed by atoms with Crippen LogP contribution in [0.15, 0.2) is 0 Å². The number of Topliss-reactive ketones (excluding diaryl/α,β-unsaturated/α-hetero) is 1. The van der Waals surface area contributed by atoms with E-state index < -0.39 is 48.2 Å². The number of hydrogen-bond acceptors (Lipinski definition) is 9. The van der Waals surface area contributed by atoms with Gasteiger partial charge in [0.15, 0.2) is 5.78 Å². The van der Waals surface area contributed by atoms with Crippen LogP contribution in [0.4, 0.5) is 0 Å². The molecule has 32 heavy (non-hydrogen) atoms. The molecule has 0 aliphatic carbocycles. The summed E-state index contributed by atoms with van der Waals surface area (Å²) in [6.45, 7) is 2.47. The van der Waals surface area contributed by atoms with Crippen LogP contribution in [0, 0.1) is 5.92 Å². The van der Waals surface area contributed by atoms with Crippen molar-refractivity contribution in [2.75, 3.05) is 44.7 Å². The fraction of sp³-hybridized carbons (Fsp3) is 0.667. The molecule has 2 unspecified atom stereocenters. The van der Waals surface area contributed by atoms with Gasteiger partial charge in [-0.3, -0.25) is 28.8 Å². The fourth-order valence-electron chi connectivity index (χ4n) is 2.07. The number of rotatable bonds is 15. The van der Waals surface area contributed by atoms with Gasteiger partial charge in [0.05, 0.1) is 26.2 Å². The van der Waals surface area contributed by atoms with Crippen molar-refractivity contribution in [2.24, 2.45) is 5.92 Å². The molecule has 2 atom stereocenters. The van der Waals surface area contributed by atoms with Crippen LogP contribution < -0.4 is 31.9 Å². The maximum absolute atomic E-state index is 12.2. The number of amides is 5. The van der Waals surface area contributed by atoms with Crippen molar-refractivity contribution in [3.63, 3.8) is 0 Å². The summed E-state index contributed by atoms with van der Waals surface area (Å²) in [5.74, 6) is -3.29. The summed E-state index contributed by atoms with van der Waals surface area (Å²) in [6, 6.07) is -1.99. The first kappa shape index (κ1) is 29.7. The van der Waals surface area contributed by atoms with E-state index in [2.05, 4.69) is 57.2 Å². The Kier molecular flexibility index (Phi) is 15.1. The van der Waals surface area contributed by atoms with Crippen molar-refractivity contribution >= 4 is 60.6 Å². The average molecular weight is 493 g/mol. The van der Waals surface area contributed by atoms with Crippen LogP contribution in [-0.2, 0) is 28.8 Å². The van der Waals surface area contributed by atoms with E-state index in [-0.39, 0.29) is 42.8 Å². The topological polar surface area (TPSA) is 175 Å². The van der Waals surface area contributed by atoms with Crippen LogP contribution in [-0.4, -0.2) is 92.1 Å². The Labute approximate surface area is 198 Å². The smallest absolute Gasteiger partial charge is 0.243 e. The molecule has 6 N–H and O–H groups in total. The van der Waals surface area contributed by atoms with Crippen LogP contribution in [0.3, 0.4) is 0 Å².